The third kappa shape index (κ3) is 3.35. The molecule has 112 valence electrons. The van der Waals surface area contributed by atoms with Gasteiger partial charge in [0.1, 0.15) is 4.90 Å². The molecule has 0 saturated heterocycles. The van der Waals surface area contributed by atoms with Gasteiger partial charge < -0.3 is 5.43 Å². The summed E-state index contributed by atoms with van der Waals surface area (Å²) >= 11 is 0. The molecule has 0 aromatic carbocycles. The van der Waals surface area contributed by atoms with Crippen LogP contribution in [0.15, 0.2) is 41.6 Å². The fourth-order valence-corrected chi connectivity index (χ4v) is 3.11. The Labute approximate surface area is 123 Å². The first-order chi connectivity index (χ1) is 9.95. The number of aryl methyl sites for hydroxylation is 1. The van der Waals surface area contributed by atoms with Crippen molar-refractivity contribution in [3.8, 4) is 0 Å². The number of hydrogen-bond donors (Lipinski definition) is 2. The van der Waals surface area contributed by atoms with Crippen molar-refractivity contribution in [2.24, 2.45) is 5.84 Å². The van der Waals surface area contributed by atoms with E-state index in [9.17, 15) is 8.42 Å². The highest BCUT2D eigenvalue weighted by atomic mass is 32.2. The predicted molar refractivity (Wildman–Crippen MR) is 79.7 cm³/mol. The van der Waals surface area contributed by atoms with Gasteiger partial charge in [0.15, 0.2) is 0 Å². The molecular formula is C13H17N5O2S. The van der Waals surface area contributed by atoms with Crippen molar-refractivity contribution in [3.05, 3.63) is 48.0 Å². The van der Waals surface area contributed by atoms with E-state index in [4.69, 9.17) is 5.84 Å². The van der Waals surface area contributed by atoms with E-state index in [0.29, 0.717) is 11.4 Å². The molecule has 0 amide bonds. The first kappa shape index (κ1) is 15.4. The number of pyridine rings is 2. The van der Waals surface area contributed by atoms with Crippen molar-refractivity contribution in [2.75, 3.05) is 12.5 Å². The van der Waals surface area contributed by atoms with E-state index >= 15 is 0 Å². The van der Waals surface area contributed by atoms with Crippen molar-refractivity contribution in [1.82, 2.24) is 14.3 Å². The van der Waals surface area contributed by atoms with E-state index in [1.54, 1.807) is 6.07 Å². The zero-order valence-corrected chi connectivity index (χ0v) is 12.6. The van der Waals surface area contributed by atoms with E-state index < -0.39 is 10.0 Å². The van der Waals surface area contributed by atoms with E-state index in [1.165, 1.54) is 29.8 Å². The number of nitrogen functional groups attached to an aromatic ring is 1. The van der Waals surface area contributed by atoms with Gasteiger partial charge in [-0.2, -0.15) is 4.31 Å². The van der Waals surface area contributed by atoms with Gasteiger partial charge in [-0.05, 0) is 25.1 Å². The number of nitrogens with zero attached hydrogens (tertiary/aromatic N) is 3. The van der Waals surface area contributed by atoms with Gasteiger partial charge in [0.2, 0.25) is 10.0 Å². The fourth-order valence-electron chi connectivity index (χ4n) is 1.87. The van der Waals surface area contributed by atoms with E-state index in [2.05, 4.69) is 15.4 Å². The van der Waals surface area contributed by atoms with Crippen LogP contribution in [0.5, 0.6) is 0 Å². The predicted octanol–water partition coefficient (Wildman–Crippen LogP) is 0.891. The molecule has 21 heavy (non-hydrogen) atoms. The molecule has 0 aliphatic rings. The Morgan fingerprint density at radius 3 is 2.76 bits per heavy atom. The van der Waals surface area contributed by atoms with E-state index in [0.717, 1.165) is 5.69 Å². The standard InChI is InChI=1S/C13H17N5O2S/c1-10-4-3-5-11(16-10)9-18(2)21(19,20)13-8-15-7-6-12(13)17-14/h3-8H,9,14H2,1-2H3,(H,15,17). The molecule has 0 radical (unpaired) electrons. The quantitative estimate of drug-likeness (QED) is 0.628. The first-order valence-electron chi connectivity index (χ1n) is 6.24. The van der Waals surface area contributed by atoms with E-state index in [-0.39, 0.29) is 11.4 Å². The lowest BCUT2D eigenvalue weighted by atomic mass is 10.3. The Hall–Kier alpha value is -2.03. The van der Waals surface area contributed by atoms with Gasteiger partial charge in [-0.1, -0.05) is 6.07 Å². The Balaban J connectivity index is 2.31. The molecule has 8 heteroatoms. The maximum absolute atomic E-state index is 12.6. The summed E-state index contributed by atoms with van der Waals surface area (Å²) in [6.45, 7) is 2.03. The van der Waals surface area contributed by atoms with Gasteiger partial charge in [-0.3, -0.25) is 15.8 Å². The SMILES string of the molecule is Cc1cccc(CN(C)S(=O)(=O)c2cnccc2NN)n1. The lowest BCUT2D eigenvalue weighted by Gasteiger charge is -2.18. The van der Waals surface area contributed by atoms with Crippen molar-refractivity contribution in [3.63, 3.8) is 0 Å². The second kappa shape index (κ2) is 6.17. The maximum Gasteiger partial charge on any atom is 0.246 e. The van der Waals surface area contributed by atoms with Crippen LogP contribution in [0.2, 0.25) is 0 Å². The average Bonchev–Trinajstić information content (AvgIpc) is 2.47. The summed E-state index contributed by atoms with van der Waals surface area (Å²) in [6.07, 6.45) is 2.74. The smallest absolute Gasteiger partial charge is 0.246 e. The van der Waals surface area contributed by atoms with Crippen LogP contribution in [-0.4, -0.2) is 29.7 Å². The zero-order valence-electron chi connectivity index (χ0n) is 11.8. The van der Waals surface area contributed by atoms with Gasteiger partial charge in [-0.25, -0.2) is 8.42 Å². The highest BCUT2D eigenvalue weighted by Crippen LogP contribution is 2.22. The molecule has 7 nitrogen and oxygen atoms in total. The minimum absolute atomic E-state index is 0.0302. The summed E-state index contributed by atoms with van der Waals surface area (Å²) in [7, 11) is -2.21. The Kier molecular flexibility index (Phi) is 4.51. The van der Waals surface area contributed by atoms with Gasteiger partial charge in [0, 0.05) is 25.1 Å². The molecule has 0 spiro atoms. The summed E-state index contributed by atoms with van der Waals surface area (Å²) < 4.78 is 26.3. The third-order valence-corrected chi connectivity index (χ3v) is 4.79. The summed E-state index contributed by atoms with van der Waals surface area (Å²) in [4.78, 5) is 8.18. The fraction of sp³-hybridized carbons (Fsp3) is 0.231. The highest BCUT2D eigenvalue weighted by molar-refractivity contribution is 7.89. The lowest BCUT2D eigenvalue weighted by Crippen LogP contribution is -2.28. The molecule has 2 aromatic rings. The molecule has 3 N–H and O–H groups in total. The topological polar surface area (TPSA) is 101 Å². The minimum Gasteiger partial charge on any atom is -0.323 e. The summed E-state index contributed by atoms with van der Waals surface area (Å²) in [6, 6.07) is 6.99. The molecule has 2 heterocycles. The third-order valence-electron chi connectivity index (χ3n) is 2.96. The summed E-state index contributed by atoms with van der Waals surface area (Å²) in [5, 5.41) is 0. The number of aromatic nitrogens is 2. The normalized spacial score (nSPS) is 11.6. The molecule has 0 aliphatic carbocycles. The number of nitrogens with two attached hydrogens (primary N) is 1. The van der Waals surface area contributed by atoms with Crippen LogP contribution >= 0.6 is 0 Å². The number of hydrazine groups is 1. The number of hydrogen-bond acceptors (Lipinski definition) is 6. The molecule has 2 aromatic heterocycles. The van der Waals surface area contributed by atoms with Gasteiger partial charge in [0.25, 0.3) is 0 Å². The van der Waals surface area contributed by atoms with Crippen LogP contribution in [0, 0.1) is 6.92 Å². The van der Waals surface area contributed by atoms with Crippen molar-refractivity contribution in [2.45, 2.75) is 18.4 Å². The van der Waals surface area contributed by atoms with Crippen LogP contribution < -0.4 is 11.3 Å². The van der Waals surface area contributed by atoms with Crippen LogP contribution in [0.4, 0.5) is 5.69 Å². The second-order valence-electron chi connectivity index (χ2n) is 4.55. The van der Waals surface area contributed by atoms with Crippen molar-refractivity contribution < 1.29 is 8.42 Å². The molecule has 0 bridgehead atoms. The second-order valence-corrected chi connectivity index (χ2v) is 6.56. The Bertz CT molecular complexity index is 733. The number of sulfonamides is 1. The maximum atomic E-state index is 12.6. The molecule has 0 saturated carbocycles. The summed E-state index contributed by atoms with van der Waals surface area (Å²) in [5.41, 5.74) is 4.18. The number of rotatable bonds is 5. The van der Waals surface area contributed by atoms with Gasteiger partial charge in [-0.15, -0.1) is 0 Å². The lowest BCUT2D eigenvalue weighted by molar-refractivity contribution is 0.462. The highest BCUT2D eigenvalue weighted by Gasteiger charge is 2.24. The largest absolute Gasteiger partial charge is 0.323 e. The first-order valence-corrected chi connectivity index (χ1v) is 7.68. The van der Waals surface area contributed by atoms with Crippen LogP contribution in [0.25, 0.3) is 0 Å². The Morgan fingerprint density at radius 2 is 2.10 bits per heavy atom. The average molecular weight is 307 g/mol. The minimum atomic E-state index is -3.70. The molecule has 0 aliphatic heterocycles. The molecular weight excluding hydrogens is 290 g/mol. The number of nitrogens with one attached hydrogen (secondary N) is 1. The van der Waals surface area contributed by atoms with E-state index in [1.807, 2.05) is 19.1 Å². The Morgan fingerprint density at radius 1 is 1.33 bits per heavy atom. The molecule has 2 rings (SSSR count). The molecule has 0 unspecified atom stereocenters. The molecule has 0 fully saturated rings. The van der Waals surface area contributed by atoms with Crippen LogP contribution in [0.3, 0.4) is 0 Å². The van der Waals surface area contributed by atoms with Crippen LogP contribution in [-0.2, 0) is 16.6 Å². The zero-order chi connectivity index (χ0) is 15.5. The van der Waals surface area contributed by atoms with Gasteiger partial charge in [0.05, 0.1) is 17.9 Å². The van der Waals surface area contributed by atoms with Crippen LogP contribution in [0.1, 0.15) is 11.4 Å². The monoisotopic (exact) mass is 307 g/mol. The molecule has 0 atom stereocenters. The summed E-state index contributed by atoms with van der Waals surface area (Å²) in [5.74, 6) is 5.35. The van der Waals surface area contributed by atoms with Crippen molar-refractivity contribution in [1.29, 1.82) is 0 Å². The van der Waals surface area contributed by atoms with Crippen molar-refractivity contribution >= 4 is 15.7 Å². The number of anilines is 1. The van der Waals surface area contributed by atoms with Gasteiger partial charge >= 0.3 is 0 Å².